The zero-order valence-electron chi connectivity index (χ0n) is 17.7. The topological polar surface area (TPSA) is 99.5 Å². The zero-order valence-corrected chi connectivity index (χ0v) is 17.7. The van der Waals surface area contributed by atoms with Crippen LogP contribution in [0.25, 0.3) is 0 Å². The summed E-state index contributed by atoms with van der Waals surface area (Å²) in [7, 11) is 4.75. The van der Waals surface area contributed by atoms with Crippen molar-refractivity contribution >= 4 is 17.5 Å². The quantitative estimate of drug-likeness (QED) is 0.630. The smallest absolute Gasteiger partial charge is 0.255 e. The fraction of sp³-hybridized carbons (Fsp3) is 0.227. The molecule has 160 valence electrons. The number of aromatic nitrogens is 3. The Morgan fingerprint density at radius 1 is 1.03 bits per heavy atom. The van der Waals surface area contributed by atoms with Crippen LogP contribution >= 0.6 is 0 Å². The van der Waals surface area contributed by atoms with E-state index in [0.29, 0.717) is 40.2 Å². The molecule has 0 saturated heterocycles. The number of fused-ring (bicyclic) bond motifs is 1. The average Bonchev–Trinajstić information content (AvgIpc) is 3.26. The Balaban J connectivity index is 1.74. The van der Waals surface area contributed by atoms with Gasteiger partial charge in [-0.15, -0.1) is 0 Å². The second-order valence-electron chi connectivity index (χ2n) is 6.89. The SMILES string of the molecule is COc1ccc(NC(=O)C2=C(C)Nc3ncnn3[C@@H]2c2ccc(OC)c(OC)c2)cc1. The highest BCUT2D eigenvalue weighted by Crippen LogP contribution is 2.38. The third-order valence-electron chi connectivity index (χ3n) is 5.11. The Kier molecular flexibility index (Phi) is 5.48. The van der Waals surface area contributed by atoms with Gasteiger partial charge in [0.1, 0.15) is 18.1 Å². The number of allylic oxidation sites excluding steroid dienone is 1. The van der Waals surface area contributed by atoms with Crippen molar-refractivity contribution in [3.05, 3.63) is 65.6 Å². The Morgan fingerprint density at radius 2 is 1.77 bits per heavy atom. The van der Waals surface area contributed by atoms with Crippen molar-refractivity contribution in [1.82, 2.24) is 14.8 Å². The van der Waals surface area contributed by atoms with Gasteiger partial charge in [-0.3, -0.25) is 4.79 Å². The summed E-state index contributed by atoms with van der Waals surface area (Å²) >= 11 is 0. The maximum Gasteiger partial charge on any atom is 0.255 e. The van der Waals surface area contributed by atoms with Gasteiger partial charge in [0.2, 0.25) is 5.95 Å². The number of nitrogens with zero attached hydrogens (tertiary/aromatic N) is 3. The van der Waals surface area contributed by atoms with Crippen LogP contribution < -0.4 is 24.8 Å². The van der Waals surface area contributed by atoms with E-state index in [1.165, 1.54) is 6.33 Å². The molecule has 0 bridgehead atoms. The summed E-state index contributed by atoms with van der Waals surface area (Å²) in [6.07, 6.45) is 1.45. The predicted molar refractivity (Wildman–Crippen MR) is 116 cm³/mol. The maximum absolute atomic E-state index is 13.4. The number of anilines is 2. The Morgan fingerprint density at radius 3 is 2.45 bits per heavy atom. The molecule has 9 nitrogen and oxygen atoms in total. The lowest BCUT2D eigenvalue weighted by Gasteiger charge is -2.29. The fourth-order valence-electron chi connectivity index (χ4n) is 3.59. The van der Waals surface area contributed by atoms with E-state index in [9.17, 15) is 4.79 Å². The number of hydrogen-bond donors (Lipinski definition) is 2. The second kappa shape index (κ2) is 8.39. The minimum atomic E-state index is -0.503. The molecule has 2 heterocycles. The molecule has 1 amide bonds. The summed E-state index contributed by atoms with van der Waals surface area (Å²) in [6.45, 7) is 1.84. The van der Waals surface area contributed by atoms with Gasteiger partial charge in [-0.05, 0) is 48.9 Å². The summed E-state index contributed by atoms with van der Waals surface area (Å²) < 4.78 is 17.7. The van der Waals surface area contributed by atoms with Crippen molar-refractivity contribution in [3.8, 4) is 17.2 Å². The summed E-state index contributed by atoms with van der Waals surface area (Å²) in [5, 5.41) is 10.5. The molecule has 31 heavy (non-hydrogen) atoms. The molecule has 1 aliphatic rings. The molecule has 4 rings (SSSR count). The molecule has 0 radical (unpaired) electrons. The van der Waals surface area contributed by atoms with E-state index in [-0.39, 0.29) is 5.91 Å². The van der Waals surface area contributed by atoms with Crippen LogP contribution in [0.4, 0.5) is 11.6 Å². The number of amides is 1. The van der Waals surface area contributed by atoms with Crippen LogP contribution in [0, 0.1) is 0 Å². The van der Waals surface area contributed by atoms with Crippen molar-refractivity contribution in [1.29, 1.82) is 0 Å². The van der Waals surface area contributed by atoms with Crippen LogP contribution in [0.2, 0.25) is 0 Å². The molecule has 0 saturated carbocycles. The number of ether oxygens (including phenoxy) is 3. The Bertz CT molecular complexity index is 1140. The zero-order chi connectivity index (χ0) is 22.0. The van der Waals surface area contributed by atoms with Crippen molar-refractivity contribution in [3.63, 3.8) is 0 Å². The normalized spacial score (nSPS) is 15.0. The van der Waals surface area contributed by atoms with Crippen molar-refractivity contribution in [2.45, 2.75) is 13.0 Å². The number of benzene rings is 2. The highest BCUT2D eigenvalue weighted by atomic mass is 16.5. The van der Waals surface area contributed by atoms with Crippen LogP contribution in [0.1, 0.15) is 18.5 Å². The standard InChI is InChI=1S/C22H23N5O4/c1-13-19(21(28)26-15-6-8-16(29-2)9-7-15)20(27-22(25-13)23-12-24-27)14-5-10-17(30-3)18(11-14)31-4/h5-12,20H,1-4H3,(H,26,28)(H,23,24,25)/t20-/m1/s1. The molecular weight excluding hydrogens is 398 g/mol. The molecule has 0 aliphatic carbocycles. The first kappa shape index (κ1) is 20.3. The van der Waals surface area contributed by atoms with Gasteiger partial charge in [0, 0.05) is 11.4 Å². The van der Waals surface area contributed by atoms with E-state index in [1.54, 1.807) is 56.3 Å². The van der Waals surface area contributed by atoms with Crippen molar-refractivity contribution in [2.75, 3.05) is 32.0 Å². The molecule has 1 aliphatic heterocycles. The number of carbonyl (C=O) groups is 1. The van der Waals surface area contributed by atoms with Crippen LogP contribution in [-0.4, -0.2) is 42.0 Å². The third kappa shape index (κ3) is 3.77. The molecule has 0 fully saturated rings. The Labute approximate surface area is 179 Å². The van der Waals surface area contributed by atoms with Crippen molar-refractivity contribution < 1.29 is 19.0 Å². The molecule has 1 aromatic heterocycles. The van der Waals surface area contributed by atoms with Gasteiger partial charge in [-0.2, -0.15) is 10.1 Å². The second-order valence-corrected chi connectivity index (χ2v) is 6.89. The lowest BCUT2D eigenvalue weighted by molar-refractivity contribution is -0.113. The van der Waals surface area contributed by atoms with Gasteiger partial charge in [0.05, 0.1) is 26.9 Å². The number of hydrogen-bond acceptors (Lipinski definition) is 7. The largest absolute Gasteiger partial charge is 0.497 e. The van der Waals surface area contributed by atoms with Crippen molar-refractivity contribution in [2.24, 2.45) is 0 Å². The van der Waals surface area contributed by atoms with Gasteiger partial charge < -0.3 is 24.8 Å². The van der Waals surface area contributed by atoms with Gasteiger partial charge in [0.25, 0.3) is 5.91 Å². The Hall–Kier alpha value is -4.01. The minimum absolute atomic E-state index is 0.254. The minimum Gasteiger partial charge on any atom is -0.497 e. The van der Waals surface area contributed by atoms with E-state index in [2.05, 4.69) is 20.7 Å². The first-order valence-electron chi connectivity index (χ1n) is 9.60. The molecule has 0 spiro atoms. The number of nitrogens with one attached hydrogen (secondary N) is 2. The first-order valence-corrected chi connectivity index (χ1v) is 9.60. The first-order chi connectivity index (χ1) is 15.0. The van der Waals surface area contributed by atoms with Crippen LogP contribution in [-0.2, 0) is 4.79 Å². The number of methoxy groups -OCH3 is 3. The molecule has 3 aromatic rings. The molecule has 2 aromatic carbocycles. The van der Waals surface area contributed by atoms with E-state index < -0.39 is 6.04 Å². The third-order valence-corrected chi connectivity index (χ3v) is 5.11. The van der Waals surface area contributed by atoms with Gasteiger partial charge in [0.15, 0.2) is 11.5 Å². The monoisotopic (exact) mass is 421 g/mol. The van der Waals surface area contributed by atoms with E-state index in [0.717, 1.165) is 5.56 Å². The molecule has 1 atom stereocenters. The molecular formula is C22H23N5O4. The van der Waals surface area contributed by atoms with Gasteiger partial charge >= 0.3 is 0 Å². The summed E-state index contributed by atoms with van der Waals surface area (Å²) in [5.41, 5.74) is 2.67. The lowest BCUT2D eigenvalue weighted by Crippen LogP contribution is -2.31. The lowest BCUT2D eigenvalue weighted by atomic mass is 9.94. The highest BCUT2D eigenvalue weighted by Gasteiger charge is 2.34. The van der Waals surface area contributed by atoms with Crippen LogP contribution in [0.5, 0.6) is 17.2 Å². The molecule has 9 heteroatoms. The highest BCUT2D eigenvalue weighted by molar-refractivity contribution is 6.06. The summed E-state index contributed by atoms with van der Waals surface area (Å²) in [6, 6.07) is 12.2. The average molecular weight is 421 g/mol. The van der Waals surface area contributed by atoms with E-state index in [1.807, 2.05) is 19.1 Å². The number of rotatable bonds is 6. The summed E-state index contributed by atoms with van der Waals surface area (Å²) in [5.74, 6) is 2.18. The number of carbonyl (C=O) groups excluding carboxylic acids is 1. The maximum atomic E-state index is 13.4. The summed E-state index contributed by atoms with van der Waals surface area (Å²) in [4.78, 5) is 17.6. The van der Waals surface area contributed by atoms with E-state index >= 15 is 0 Å². The molecule has 0 unspecified atom stereocenters. The van der Waals surface area contributed by atoms with Gasteiger partial charge in [-0.1, -0.05) is 6.07 Å². The van der Waals surface area contributed by atoms with Gasteiger partial charge in [-0.25, -0.2) is 4.68 Å². The van der Waals surface area contributed by atoms with Crippen LogP contribution in [0.15, 0.2) is 60.1 Å². The molecule has 2 N–H and O–H groups in total. The van der Waals surface area contributed by atoms with Crippen LogP contribution in [0.3, 0.4) is 0 Å². The van der Waals surface area contributed by atoms with E-state index in [4.69, 9.17) is 14.2 Å². The predicted octanol–water partition coefficient (Wildman–Crippen LogP) is 3.23. The fourth-order valence-corrected chi connectivity index (χ4v) is 3.59.